The Kier molecular flexibility index (Phi) is 7.55. The van der Waals surface area contributed by atoms with Gasteiger partial charge in [0.2, 0.25) is 0 Å². The summed E-state index contributed by atoms with van der Waals surface area (Å²) in [6.07, 6.45) is 2.08. The molecule has 6 heteroatoms. The third-order valence-electron chi connectivity index (χ3n) is 3.90. The van der Waals surface area contributed by atoms with Gasteiger partial charge >= 0.3 is 0 Å². The zero-order valence-corrected chi connectivity index (χ0v) is 16.5. The molecule has 2 aromatic rings. The Morgan fingerprint density at radius 3 is 2.30 bits per heavy atom. The molecule has 0 spiro atoms. The van der Waals surface area contributed by atoms with Gasteiger partial charge in [0, 0.05) is 10.6 Å². The molecule has 0 heterocycles. The maximum atomic E-state index is 12.5. The minimum absolute atomic E-state index is 0.229. The SMILES string of the molecule is Cc1ccc(C=NNC(=O)C(CC(C)C)NC(=O)c2ccc(Cl)cc2)cc1. The molecule has 27 heavy (non-hydrogen) atoms. The number of nitrogens with zero attached hydrogens (tertiary/aromatic N) is 1. The molecule has 0 saturated heterocycles. The lowest BCUT2D eigenvalue weighted by atomic mass is 10.0. The molecular weight excluding hydrogens is 362 g/mol. The molecule has 0 bridgehead atoms. The molecule has 0 aliphatic carbocycles. The number of hydrogen-bond donors (Lipinski definition) is 2. The molecule has 2 N–H and O–H groups in total. The zero-order valence-electron chi connectivity index (χ0n) is 15.7. The normalized spacial score (nSPS) is 12.2. The summed E-state index contributed by atoms with van der Waals surface area (Å²) < 4.78 is 0. The van der Waals surface area contributed by atoms with Crippen LogP contribution >= 0.6 is 11.6 Å². The number of rotatable bonds is 7. The standard InChI is InChI=1S/C21H24ClN3O2/c1-14(2)12-19(24-20(26)17-8-10-18(22)11-9-17)21(27)25-23-13-16-6-4-15(3)5-7-16/h4-11,13-14,19H,12H2,1-3H3,(H,24,26)(H,25,27). The van der Waals surface area contributed by atoms with E-state index < -0.39 is 6.04 Å². The van der Waals surface area contributed by atoms with Gasteiger partial charge in [-0.15, -0.1) is 0 Å². The van der Waals surface area contributed by atoms with Crippen LogP contribution in [-0.2, 0) is 4.79 Å². The van der Waals surface area contributed by atoms with Crippen LogP contribution in [0.15, 0.2) is 53.6 Å². The van der Waals surface area contributed by atoms with Crippen LogP contribution in [0.5, 0.6) is 0 Å². The number of hydrazone groups is 1. The predicted octanol–water partition coefficient (Wildman–Crippen LogP) is 3.94. The van der Waals surface area contributed by atoms with Crippen molar-refractivity contribution in [3.8, 4) is 0 Å². The Bertz CT molecular complexity index is 799. The van der Waals surface area contributed by atoms with Crippen LogP contribution in [0.3, 0.4) is 0 Å². The number of benzene rings is 2. The van der Waals surface area contributed by atoms with Gasteiger partial charge in [0.05, 0.1) is 6.21 Å². The number of carbonyl (C=O) groups is 2. The van der Waals surface area contributed by atoms with E-state index in [2.05, 4.69) is 15.8 Å². The highest BCUT2D eigenvalue weighted by molar-refractivity contribution is 6.30. The summed E-state index contributed by atoms with van der Waals surface area (Å²) in [4.78, 5) is 24.9. The summed E-state index contributed by atoms with van der Waals surface area (Å²) in [5, 5.41) is 7.32. The first-order chi connectivity index (χ1) is 12.8. The lowest BCUT2D eigenvalue weighted by Gasteiger charge is -2.19. The molecule has 1 unspecified atom stereocenters. The number of hydrogen-bond acceptors (Lipinski definition) is 3. The molecule has 0 fully saturated rings. The van der Waals surface area contributed by atoms with Crippen molar-refractivity contribution in [3.05, 3.63) is 70.2 Å². The van der Waals surface area contributed by atoms with Gasteiger partial charge in [-0.1, -0.05) is 55.3 Å². The summed E-state index contributed by atoms with van der Waals surface area (Å²) in [5.41, 5.74) is 4.99. The van der Waals surface area contributed by atoms with Gasteiger partial charge in [-0.2, -0.15) is 5.10 Å². The molecule has 0 aromatic heterocycles. The third-order valence-corrected chi connectivity index (χ3v) is 4.15. The summed E-state index contributed by atoms with van der Waals surface area (Å²) >= 11 is 5.85. The summed E-state index contributed by atoms with van der Waals surface area (Å²) in [7, 11) is 0. The van der Waals surface area contributed by atoms with Gasteiger partial charge in [0.15, 0.2) is 0 Å². The van der Waals surface area contributed by atoms with Crippen LogP contribution in [-0.4, -0.2) is 24.1 Å². The van der Waals surface area contributed by atoms with E-state index in [1.165, 1.54) is 0 Å². The maximum Gasteiger partial charge on any atom is 0.262 e. The molecule has 0 radical (unpaired) electrons. The largest absolute Gasteiger partial charge is 0.340 e. The highest BCUT2D eigenvalue weighted by atomic mass is 35.5. The van der Waals surface area contributed by atoms with Crippen molar-refractivity contribution in [3.63, 3.8) is 0 Å². The van der Waals surface area contributed by atoms with E-state index in [1.807, 2.05) is 45.0 Å². The zero-order chi connectivity index (χ0) is 19.8. The first-order valence-corrected chi connectivity index (χ1v) is 9.19. The molecule has 2 aromatic carbocycles. The van der Waals surface area contributed by atoms with Crippen LogP contribution in [0.4, 0.5) is 0 Å². The van der Waals surface area contributed by atoms with Crippen LogP contribution in [0.2, 0.25) is 5.02 Å². The molecule has 0 aliphatic heterocycles. The average molecular weight is 386 g/mol. The second-order valence-corrected chi connectivity index (χ2v) is 7.24. The van der Waals surface area contributed by atoms with Crippen molar-refractivity contribution in [2.24, 2.45) is 11.0 Å². The lowest BCUT2D eigenvalue weighted by molar-refractivity contribution is -0.123. The first kappa shape index (κ1) is 20.6. The molecule has 2 amide bonds. The fraction of sp³-hybridized carbons (Fsp3) is 0.286. The van der Waals surface area contributed by atoms with Gasteiger partial charge < -0.3 is 5.32 Å². The second-order valence-electron chi connectivity index (χ2n) is 6.81. The van der Waals surface area contributed by atoms with Gasteiger partial charge in [-0.3, -0.25) is 9.59 Å². The van der Waals surface area contributed by atoms with Crippen molar-refractivity contribution in [1.82, 2.24) is 10.7 Å². The Morgan fingerprint density at radius 1 is 1.07 bits per heavy atom. The van der Waals surface area contributed by atoms with E-state index in [0.29, 0.717) is 17.0 Å². The highest BCUT2D eigenvalue weighted by Crippen LogP contribution is 2.11. The van der Waals surface area contributed by atoms with E-state index in [-0.39, 0.29) is 17.7 Å². The summed E-state index contributed by atoms with van der Waals surface area (Å²) in [6.45, 7) is 5.98. The fourth-order valence-corrected chi connectivity index (χ4v) is 2.57. The average Bonchev–Trinajstić information content (AvgIpc) is 2.63. The Morgan fingerprint density at radius 2 is 1.70 bits per heavy atom. The second kappa shape index (κ2) is 9.88. The number of carbonyl (C=O) groups excluding carboxylic acids is 2. The lowest BCUT2D eigenvalue weighted by Crippen LogP contribution is -2.46. The number of nitrogens with one attached hydrogen (secondary N) is 2. The van der Waals surface area contributed by atoms with Crippen molar-refractivity contribution in [1.29, 1.82) is 0 Å². The van der Waals surface area contributed by atoms with Crippen LogP contribution in [0.25, 0.3) is 0 Å². The summed E-state index contributed by atoms with van der Waals surface area (Å²) in [5.74, 6) is -0.447. The molecule has 1 atom stereocenters. The number of amides is 2. The predicted molar refractivity (Wildman–Crippen MR) is 109 cm³/mol. The minimum atomic E-state index is -0.677. The molecule has 5 nitrogen and oxygen atoms in total. The Balaban J connectivity index is 2.01. The smallest absolute Gasteiger partial charge is 0.262 e. The van der Waals surface area contributed by atoms with Crippen LogP contribution in [0, 0.1) is 12.8 Å². The summed E-state index contributed by atoms with van der Waals surface area (Å²) in [6, 6.07) is 13.6. The Labute approximate surface area is 164 Å². The topological polar surface area (TPSA) is 70.6 Å². The van der Waals surface area contributed by atoms with Crippen molar-refractivity contribution >= 4 is 29.6 Å². The van der Waals surface area contributed by atoms with Gasteiger partial charge in [-0.25, -0.2) is 5.43 Å². The van der Waals surface area contributed by atoms with Crippen molar-refractivity contribution in [2.75, 3.05) is 0 Å². The molecule has 0 aliphatic rings. The van der Waals surface area contributed by atoms with Gasteiger partial charge in [0.1, 0.15) is 6.04 Å². The first-order valence-electron chi connectivity index (χ1n) is 8.81. The molecular formula is C21H24ClN3O2. The Hall–Kier alpha value is -2.66. The molecule has 0 saturated carbocycles. The maximum absolute atomic E-state index is 12.5. The van der Waals surface area contributed by atoms with E-state index in [4.69, 9.17) is 11.6 Å². The molecule has 2 rings (SSSR count). The van der Waals surface area contributed by atoms with Crippen LogP contribution in [0.1, 0.15) is 41.8 Å². The van der Waals surface area contributed by atoms with E-state index in [1.54, 1.807) is 30.5 Å². The van der Waals surface area contributed by atoms with E-state index in [0.717, 1.165) is 11.1 Å². The fourth-order valence-electron chi connectivity index (χ4n) is 2.45. The van der Waals surface area contributed by atoms with Gasteiger partial charge in [-0.05, 0) is 49.1 Å². The van der Waals surface area contributed by atoms with Gasteiger partial charge in [0.25, 0.3) is 11.8 Å². The quantitative estimate of drug-likeness (QED) is 0.559. The van der Waals surface area contributed by atoms with E-state index in [9.17, 15) is 9.59 Å². The minimum Gasteiger partial charge on any atom is -0.340 e. The van der Waals surface area contributed by atoms with Crippen molar-refractivity contribution in [2.45, 2.75) is 33.2 Å². The van der Waals surface area contributed by atoms with Crippen LogP contribution < -0.4 is 10.7 Å². The van der Waals surface area contributed by atoms with E-state index >= 15 is 0 Å². The number of aryl methyl sites for hydroxylation is 1. The number of halogens is 1. The highest BCUT2D eigenvalue weighted by Gasteiger charge is 2.22. The van der Waals surface area contributed by atoms with Crippen molar-refractivity contribution < 1.29 is 9.59 Å². The molecule has 142 valence electrons. The monoisotopic (exact) mass is 385 g/mol. The third kappa shape index (κ3) is 6.87.